The quantitative estimate of drug-likeness (QED) is 0.492. The number of nitriles is 1. The van der Waals surface area contributed by atoms with E-state index in [2.05, 4.69) is 30.5 Å². The number of nitrogens with one attached hydrogen (secondary N) is 3. The summed E-state index contributed by atoms with van der Waals surface area (Å²) in [5.74, 6) is 1.70. The van der Waals surface area contributed by atoms with Crippen LogP contribution in [0.1, 0.15) is 5.56 Å². The summed E-state index contributed by atoms with van der Waals surface area (Å²) in [6.45, 7) is 0.424. The number of rotatable bonds is 8. The fraction of sp³-hybridized carbons (Fsp3) is 0.111. The second kappa shape index (κ2) is 8.90. The van der Waals surface area contributed by atoms with Crippen molar-refractivity contribution in [1.29, 1.82) is 5.26 Å². The van der Waals surface area contributed by atoms with Gasteiger partial charge >= 0.3 is 0 Å². The standard InChI is InChI=1S/C18H17N7O2S/c19-13-14-5-1-2-6-15(14)28(26,27)22-12-11-21-17-8-9-18(25-24-17)23-16-7-3-4-10-20-16/h1-10,22H,11-12H2,(H,21,24)(H,20,23,25). The minimum absolute atomic E-state index is 0.0396. The fourth-order valence-electron chi connectivity index (χ4n) is 2.31. The Morgan fingerprint density at radius 1 is 0.893 bits per heavy atom. The SMILES string of the molecule is N#Cc1ccccc1S(=O)(=O)NCCNc1ccc(Nc2ccccn2)nn1. The minimum atomic E-state index is -3.76. The molecule has 0 aliphatic carbocycles. The Kier molecular flexibility index (Phi) is 6.11. The van der Waals surface area contributed by atoms with Gasteiger partial charge in [-0.15, -0.1) is 10.2 Å². The van der Waals surface area contributed by atoms with Gasteiger partial charge in [-0.05, 0) is 36.4 Å². The van der Waals surface area contributed by atoms with Crippen molar-refractivity contribution in [2.75, 3.05) is 23.7 Å². The summed E-state index contributed by atoms with van der Waals surface area (Å²) in [5, 5.41) is 23.1. The second-order valence-corrected chi connectivity index (χ2v) is 7.31. The summed E-state index contributed by atoms with van der Waals surface area (Å²) in [6, 6.07) is 16.9. The second-order valence-electron chi connectivity index (χ2n) is 5.58. The van der Waals surface area contributed by atoms with Gasteiger partial charge in [0.15, 0.2) is 5.82 Å². The third-order valence-electron chi connectivity index (χ3n) is 3.61. The maximum Gasteiger partial charge on any atom is 0.241 e. The number of aromatic nitrogens is 3. The molecule has 1 aromatic carbocycles. The smallest absolute Gasteiger partial charge is 0.241 e. The van der Waals surface area contributed by atoms with Gasteiger partial charge in [-0.3, -0.25) is 0 Å². The molecule has 28 heavy (non-hydrogen) atoms. The minimum Gasteiger partial charge on any atom is -0.367 e. The molecule has 3 N–H and O–H groups in total. The zero-order valence-corrected chi connectivity index (χ0v) is 15.5. The van der Waals surface area contributed by atoms with Gasteiger partial charge in [-0.25, -0.2) is 18.1 Å². The average Bonchev–Trinajstić information content (AvgIpc) is 2.73. The first-order valence-electron chi connectivity index (χ1n) is 8.33. The van der Waals surface area contributed by atoms with Crippen molar-refractivity contribution in [1.82, 2.24) is 19.9 Å². The number of nitrogens with zero attached hydrogens (tertiary/aromatic N) is 4. The maximum atomic E-state index is 12.3. The number of benzene rings is 1. The third-order valence-corrected chi connectivity index (χ3v) is 5.12. The first kappa shape index (κ1) is 19.2. The molecule has 3 aromatic rings. The Balaban J connectivity index is 1.50. The zero-order chi connectivity index (χ0) is 19.8. The molecule has 0 amide bonds. The van der Waals surface area contributed by atoms with Crippen molar-refractivity contribution in [3.63, 3.8) is 0 Å². The van der Waals surface area contributed by atoms with E-state index in [1.165, 1.54) is 12.1 Å². The van der Waals surface area contributed by atoms with Crippen LogP contribution in [0.4, 0.5) is 17.5 Å². The normalized spacial score (nSPS) is 10.8. The Morgan fingerprint density at radius 3 is 2.36 bits per heavy atom. The van der Waals surface area contributed by atoms with E-state index in [0.717, 1.165) is 0 Å². The lowest BCUT2D eigenvalue weighted by molar-refractivity contribution is 0.582. The largest absolute Gasteiger partial charge is 0.367 e. The molecule has 9 nitrogen and oxygen atoms in total. The third kappa shape index (κ3) is 5.00. The number of sulfonamides is 1. The molecular weight excluding hydrogens is 378 g/mol. The van der Waals surface area contributed by atoms with Gasteiger partial charge < -0.3 is 10.6 Å². The molecule has 2 aromatic heterocycles. The summed E-state index contributed by atoms with van der Waals surface area (Å²) in [4.78, 5) is 4.10. The highest BCUT2D eigenvalue weighted by molar-refractivity contribution is 7.89. The molecule has 0 radical (unpaired) electrons. The lowest BCUT2D eigenvalue weighted by Crippen LogP contribution is -2.29. The van der Waals surface area contributed by atoms with Gasteiger partial charge in [0, 0.05) is 19.3 Å². The van der Waals surface area contributed by atoms with Crippen molar-refractivity contribution in [2.24, 2.45) is 0 Å². The average molecular weight is 395 g/mol. The molecule has 0 bridgehead atoms. The van der Waals surface area contributed by atoms with Crippen LogP contribution in [0.25, 0.3) is 0 Å². The molecule has 142 valence electrons. The van der Waals surface area contributed by atoms with Crippen LogP contribution in [0, 0.1) is 11.3 Å². The molecular formula is C18H17N7O2S. The van der Waals surface area contributed by atoms with E-state index < -0.39 is 10.0 Å². The van der Waals surface area contributed by atoms with Crippen LogP contribution in [-0.2, 0) is 10.0 Å². The molecule has 0 saturated heterocycles. The summed E-state index contributed by atoms with van der Waals surface area (Å²) >= 11 is 0. The van der Waals surface area contributed by atoms with E-state index in [0.29, 0.717) is 24.0 Å². The van der Waals surface area contributed by atoms with Crippen LogP contribution in [0.5, 0.6) is 0 Å². The summed E-state index contributed by atoms with van der Waals surface area (Å²) in [5.41, 5.74) is 0.102. The predicted molar refractivity (Wildman–Crippen MR) is 104 cm³/mol. The van der Waals surface area contributed by atoms with E-state index >= 15 is 0 Å². The van der Waals surface area contributed by atoms with Crippen LogP contribution in [0.15, 0.2) is 65.7 Å². The molecule has 10 heteroatoms. The Bertz CT molecular complexity index is 1070. The van der Waals surface area contributed by atoms with E-state index in [-0.39, 0.29) is 17.0 Å². The van der Waals surface area contributed by atoms with E-state index in [4.69, 9.17) is 5.26 Å². The number of hydrogen-bond donors (Lipinski definition) is 3. The molecule has 2 heterocycles. The molecule has 0 aliphatic rings. The Morgan fingerprint density at radius 2 is 1.64 bits per heavy atom. The lowest BCUT2D eigenvalue weighted by Gasteiger charge is -2.09. The Labute approximate surface area is 162 Å². The topological polar surface area (TPSA) is 133 Å². The molecule has 0 fully saturated rings. The van der Waals surface area contributed by atoms with Crippen molar-refractivity contribution in [2.45, 2.75) is 4.90 Å². The van der Waals surface area contributed by atoms with E-state index in [1.54, 1.807) is 30.5 Å². The fourth-order valence-corrected chi connectivity index (χ4v) is 3.50. The molecule has 0 spiro atoms. The van der Waals surface area contributed by atoms with Gasteiger partial charge in [0.1, 0.15) is 17.7 Å². The first-order chi connectivity index (χ1) is 13.6. The molecule has 3 rings (SSSR count). The van der Waals surface area contributed by atoms with Crippen molar-refractivity contribution in [3.8, 4) is 6.07 Å². The van der Waals surface area contributed by atoms with E-state index in [9.17, 15) is 8.42 Å². The molecule has 0 unspecified atom stereocenters. The highest BCUT2D eigenvalue weighted by atomic mass is 32.2. The molecule has 0 saturated carbocycles. The summed E-state index contributed by atoms with van der Waals surface area (Å²) < 4.78 is 27.1. The van der Waals surface area contributed by atoms with Gasteiger partial charge in [0.2, 0.25) is 10.0 Å². The molecule has 0 atom stereocenters. The number of anilines is 3. The Hall–Kier alpha value is -3.55. The highest BCUT2D eigenvalue weighted by Gasteiger charge is 2.17. The summed E-state index contributed by atoms with van der Waals surface area (Å²) in [7, 11) is -3.76. The monoisotopic (exact) mass is 395 g/mol. The summed E-state index contributed by atoms with van der Waals surface area (Å²) in [6.07, 6.45) is 1.67. The molecule has 0 aliphatic heterocycles. The lowest BCUT2D eigenvalue weighted by atomic mass is 10.2. The number of pyridine rings is 1. The van der Waals surface area contributed by atoms with E-state index in [1.807, 2.05) is 24.3 Å². The van der Waals surface area contributed by atoms with Crippen LogP contribution in [0.2, 0.25) is 0 Å². The van der Waals surface area contributed by atoms with Gasteiger partial charge in [0.25, 0.3) is 0 Å². The number of hydrogen-bond acceptors (Lipinski definition) is 8. The first-order valence-corrected chi connectivity index (χ1v) is 9.81. The van der Waals surface area contributed by atoms with Crippen LogP contribution >= 0.6 is 0 Å². The van der Waals surface area contributed by atoms with Crippen LogP contribution in [-0.4, -0.2) is 36.7 Å². The zero-order valence-electron chi connectivity index (χ0n) is 14.7. The van der Waals surface area contributed by atoms with Gasteiger partial charge in [0.05, 0.1) is 10.5 Å². The van der Waals surface area contributed by atoms with Crippen molar-refractivity contribution < 1.29 is 8.42 Å². The van der Waals surface area contributed by atoms with Gasteiger partial charge in [-0.1, -0.05) is 18.2 Å². The van der Waals surface area contributed by atoms with Crippen molar-refractivity contribution >= 4 is 27.5 Å². The van der Waals surface area contributed by atoms with Crippen molar-refractivity contribution in [3.05, 3.63) is 66.4 Å². The van der Waals surface area contributed by atoms with Gasteiger partial charge in [-0.2, -0.15) is 5.26 Å². The van der Waals surface area contributed by atoms with Crippen LogP contribution in [0.3, 0.4) is 0 Å². The highest BCUT2D eigenvalue weighted by Crippen LogP contribution is 2.14. The van der Waals surface area contributed by atoms with Crippen LogP contribution < -0.4 is 15.4 Å². The predicted octanol–water partition coefficient (Wildman–Crippen LogP) is 1.88. The maximum absolute atomic E-state index is 12.3.